The van der Waals surface area contributed by atoms with Gasteiger partial charge in [-0.25, -0.2) is 4.79 Å². The lowest BCUT2D eigenvalue weighted by Crippen LogP contribution is -2.65. The molecule has 2 aliphatic rings. The number of rotatable bonds is 10. The first kappa shape index (κ1) is 31.7. The number of nitrogens with one attached hydrogen (secondary N) is 1. The number of hydrogen-bond donors (Lipinski definition) is 2. The van der Waals surface area contributed by atoms with Crippen molar-refractivity contribution in [3.05, 3.63) is 128 Å². The lowest BCUT2D eigenvalue weighted by Gasteiger charge is -2.47. The molecule has 11 heteroatoms. The van der Waals surface area contributed by atoms with E-state index < -0.39 is 40.4 Å². The largest absolute Gasteiger partial charge is 0.497 e. The molecule has 3 aromatic carbocycles. The molecule has 2 aliphatic heterocycles. The van der Waals surface area contributed by atoms with Crippen LogP contribution in [0, 0.1) is 6.92 Å². The van der Waals surface area contributed by atoms with Gasteiger partial charge in [-0.2, -0.15) is 0 Å². The Hall–Kier alpha value is -4.26. The van der Waals surface area contributed by atoms with Crippen molar-refractivity contribution >= 4 is 0 Å². The van der Waals surface area contributed by atoms with Crippen LogP contribution in [0.2, 0.25) is 0 Å². The number of methoxy groups -OCH3 is 3. The summed E-state index contributed by atoms with van der Waals surface area (Å²) < 4.78 is 37.8. The molecule has 0 bridgehead atoms. The van der Waals surface area contributed by atoms with E-state index in [0.29, 0.717) is 17.1 Å². The normalized spacial score (nSPS) is 24.4. The molecule has 1 aromatic heterocycles. The van der Waals surface area contributed by atoms with Crippen molar-refractivity contribution in [1.82, 2.24) is 9.55 Å². The van der Waals surface area contributed by atoms with Crippen LogP contribution in [0.25, 0.3) is 0 Å². The number of aliphatic hydroxyl groups is 1. The highest BCUT2D eigenvalue weighted by atomic mass is 16.6. The molecule has 242 valence electrons. The summed E-state index contributed by atoms with van der Waals surface area (Å²) in [5.74, 6) is 1.36. The Morgan fingerprint density at radius 2 is 1.50 bits per heavy atom. The van der Waals surface area contributed by atoms with E-state index in [4.69, 9.17) is 28.4 Å². The van der Waals surface area contributed by atoms with E-state index in [1.165, 1.54) is 17.9 Å². The van der Waals surface area contributed by atoms with Gasteiger partial charge in [0.2, 0.25) is 0 Å². The van der Waals surface area contributed by atoms with Crippen LogP contribution in [0.4, 0.5) is 0 Å². The third-order valence-electron chi connectivity index (χ3n) is 9.20. The van der Waals surface area contributed by atoms with Crippen molar-refractivity contribution in [2.24, 2.45) is 0 Å². The summed E-state index contributed by atoms with van der Waals surface area (Å²) in [6.45, 7) is 1.64. The van der Waals surface area contributed by atoms with Crippen molar-refractivity contribution in [3.63, 3.8) is 0 Å². The molecule has 2 unspecified atom stereocenters. The van der Waals surface area contributed by atoms with E-state index in [-0.39, 0.29) is 26.2 Å². The van der Waals surface area contributed by atoms with E-state index in [1.807, 2.05) is 78.9 Å². The van der Waals surface area contributed by atoms with Gasteiger partial charge in [-0.15, -0.1) is 0 Å². The Morgan fingerprint density at radius 3 is 2.07 bits per heavy atom. The van der Waals surface area contributed by atoms with Crippen LogP contribution in [-0.4, -0.2) is 73.1 Å². The van der Waals surface area contributed by atoms with Crippen LogP contribution in [0.1, 0.15) is 34.9 Å². The van der Waals surface area contributed by atoms with Crippen molar-refractivity contribution < 1.29 is 33.5 Å². The summed E-state index contributed by atoms with van der Waals surface area (Å²) in [7, 11) is 4.67. The molecule has 0 aliphatic carbocycles. The summed E-state index contributed by atoms with van der Waals surface area (Å²) in [4.78, 5) is 27.6. The van der Waals surface area contributed by atoms with Gasteiger partial charge in [-0.05, 0) is 47.9 Å². The molecule has 11 nitrogen and oxygen atoms in total. The topological polar surface area (TPSA) is 130 Å². The first-order valence-electron chi connectivity index (χ1n) is 15.0. The fourth-order valence-electron chi connectivity index (χ4n) is 6.67. The van der Waals surface area contributed by atoms with E-state index in [2.05, 4.69) is 4.98 Å². The summed E-state index contributed by atoms with van der Waals surface area (Å²) in [5.41, 5.74) is -2.76. The number of ether oxygens (including phenoxy) is 6. The van der Waals surface area contributed by atoms with Gasteiger partial charge in [0.05, 0.1) is 27.4 Å². The number of H-pyrrole nitrogens is 1. The fourth-order valence-corrected chi connectivity index (χ4v) is 6.67. The Kier molecular flexibility index (Phi) is 8.62. The number of nitrogens with zero attached hydrogens (tertiary/aromatic N) is 1. The predicted octanol–water partition coefficient (Wildman–Crippen LogP) is 3.30. The summed E-state index contributed by atoms with van der Waals surface area (Å²) in [6.07, 6.45) is -0.504. The molecular formula is C35H38N2O9. The SMILES string of the molecule is COc1ccc(C(OCC23COCC[C@]2(O)C(OC)[C@H](n2cc(C)c(=O)[nH]c2=O)O3)(c2ccccc2)c2ccc(OC)cc2)cc1. The molecule has 4 atom stereocenters. The highest BCUT2D eigenvalue weighted by Crippen LogP contribution is 2.52. The van der Waals surface area contributed by atoms with Crippen LogP contribution in [0.5, 0.6) is 11.5 Å². The van der Waals surface area contributed by atoms with Crippen LogP contribution in [0.15, 0.2) is 94.6 Å². The monoisotopic (exact) mass is 630 g/mol. The summed E-state index contributed by atoms with van der Waals surface area (Å²) in [5, 5.41) is 12.5. The molecule has 2 saturated heterocycles. The standard InChI is InChI=1S/C35H38N2O9/c1-23-20-37(32(39)36-30(23)38)31-29(43-4)34(40)18-19-44-21-33(34,46-31)22-45-35(24-8-6-5-7-9-24,25-10-14-27(41-2)15-11-25)26-12-16-28(42-3)17-13-26/h5-17,20,29,31,40H,18-19,21-22H2,1-4H3,(H,36,38,39)/t29?,31-,33?,34+/m1/s1. The second-order valence-corrected chi connectivity index (χ2v) is 11.7. The van der Waals surface area contributed by atoms with Crippen molar-refractivity contribution in [2.45, 2.75) is 42.5 Å². The van der Waals surface area contributed by atoms with Gasteiger partial charge in [-0.3, -0.25) is 14.3 Å². The lowest BCUT2D eigenvalue weighted by molar-refractivity contribution is -0.243. The van der Waals surface area contributed by atoms with Gasteiger partial charge in [0.15, 0.2) is 6.23 Å². The molecule has 2 fully saturated rings. The average molecular weight is 631 g/mol. The first-order valence-corrected chi connectivity index (χ1v) is 15.0. The highest BCUT2D eigenvalue weighted by Gasteiger charge is 2.68. The molecule has 4 aromatic rings. The highest BCUT2D eigenvalue weighted by molar-refractivity contribution is 5.50. The van der Waals surface area contributed by atoms with Gasteiger partial charge >= 0.3 is 5.69 Å². The average Bonchev–Trinajstić information content (AvgIpc) is 3.35. The van der Waals surface area contributed by atoms with Crippen molar-refractivity contribution in [1.29, 1.82) is 0 Å². The van der Waals surface area contributed by atoms with E-state index >= 15 is 0 Å². The Bertz CT molecular complexity index is 1720. The lowest BCUT2D eigenvalue weighted by atomic mass is 9.76. The number of aromatic amines is 1. The van der Waals surface area contributed by atoms with Gasteiger partial charge < -0.3 is 33.5 Å². The molecule has 0 spiro atoms. The van der Waals surface area contributed by atoms with Crippen molar-refractivity contribution in [3.8, 4) is 11.5 Å². The summed E-state index contributed by atoms with van der Waals surface area (Å²) >= 11 is 0. The Labute approximate surface area is 266 Å². The minimum Gasteiger partial charge on any atom is -0.497 e. The first-order chi connectivity index (χ1) is 22.2. The summed E-state index contributed by atoms with van der Waals surface area (Å²) in [6, 6.07) is 25.0. The van der Waals surface area contributed by atoms with Gasteiger partial charge in [0.25, 0.3) is 5.56 Å². The molecular weight excluding hydrogens is 592 g/mol. The third-order valence-corrected chi connectivity index (χ3v) is 9.20. The molecule has 0 amide bonds. The van der Waals surface area contributed by atoms with Crippen LogP contribution < -0.4 is 20.7 Å². The smallest absolute Gasteiger partial charge is 0.330 e. The van der Waals surface area contributed by atoms with E-state index in [0.717, 1.165) is 16.7 Å². The Morgan fingerprint density at radius 1 is 0.913 bits per heavy atom. The third kappa shape index (κ3) is 5.14. The van der Waals surface area contributed by atoms with E-state index in [1.54, 1.807) is 21.1 Å². The Balaban J connectivity index is 1.51. The van der Waals surface area contributed by atoms with Gasteiger partial charge in [-0.1, -0.05) is 54.6 Å². The quantitative estimate of drug-likeness (QED) is 0.254. The van der Waals surface area contributed by atoms with Gasteiger partial charge in [0, 0.05) is 31.9 Å². The van der Waals surface area contributed by atoms with Gasteiger partial charge in [0.1, 0.15) is 34.4 Å². The number of fused-ring (bicyclic) bond motifs is 1. The van der Waals surface area contributed by atoms with Crippen LogP contribution in [-0.2, 0) is 24.5 Å². The maximum absolute atomic E-state index is 13.0. The minimum atomic E-state index is -1.63. The molecule has 3 heterocycles. The zero-order valence-corrected chi connectivity index (χ0v) is 26.2. The molecule has 0 saturated carbocycles. The zero-order valence-electron chi connectivity index (χ0n) is 26.2. The second kappa shape index (κ2) is 12.5. The zero-order chi connectivity index (χ0) is 32.5. The maximum Gasteiger partial charge on any atom is 0.330 e. The maximum atomic E-state index is 13.0. The predicted molar refractivity (Wildman–Crippen MR) is 168 cm³/mol. The fraction of sp³-hybridized carbons (Fsp3) is 0.371. The molecule has 46 heavy (non-hydrogen) atoms. The van der Waals surface area contributed by atoms with Crippen LogP contribution >= 0.6 is 0 Å². The number of aromatic nitrogens is 2. The molecule has 2 N–H and O–H groups in total. The van der Waals surface area contributed by atoms with Crippen LogP contribution in [0.3, 0.4) is 0 Å². The molecule has 6 rings (SSSR count). The van der Waals surface area contributed by atoms with E-state index in [9.17, 15) is 14.7 Å². The number of aryl methyl sites for hydroxylation is 1. The van der Waals surface area contributed by atoms with Crippen molar-refractivity contribution in [2.75, 3.05) is 41.2 Å². The number of benzene rings is 3. The number of hydrogen-bond acceptors (Lipinski definition) is 9. The minimum absolute atomic E-state index is 0.0347. The second-order valence-electron chi connectivity index (χ2n) is 11.7. The molecule has 0 radical (unpaired) electrons.